The number of anilines is 2. The second-order valence-corrected chi connectivity index (χ2v) is 6.45. The minimum absolute atomic E-state index is 0.173. The van der Waals surface area contributed by atoms with Crippen molar-refractivity contribution in [1.29, 1.82) is 0 Å². The first-order valence-electron chi connectivity index (χ1n) is 6.93. The fourth-order valence-electron chi connectivity index (χ4n) is 2.06. The van der Waals surface area contributed by atoms with Crippen LogP contribution < -0.4 is 15.8 Å². The first-order valence-corrected chi connectivity index (χ1v) is 7.75. The van der Waals surface area contributed by atoms with E-state index in [1.54, 1.807) is 7.11 Å². The lowest BCUT2D eigenvalue weighted by Crippen LogP contribution is -2.16. The molecule has 20 heavy (non-hydrogen) atoms. The zero-order valence-corrected chi connectivity index (χ0v) is 13.2. The highest BCUT2D eigenvalue weighted by atomic mass is 32.1. The third-order valence-corrected chi connectivity index (χ3v) is 4.50. The van der Waals surface area contributed by atoms with Crippen molar-refractivity contribution in [3.8, 4) is 5.75 Å². The molecule has 112 valence electrons. The summed E-state index contributed by atoms with van der Waals surface area (Å²) in [5.41, 5.74) is 6.54. The maximum atomic E-state index is 12.2. The summed E-state index contributed by atoms with van der Waals surface area (Å²) in [7, 11) is 5.70. The van der Waals surface area contributed by atoms with Gasteiger partial charge in [0.2, 0.25) is 0 Å². The molecule has 1 heterocycles. The average molecular weight is 297 g/mol. The number of nitrogens with zero attached hydrogens (tertiary/aromatic N) is 1. The van der Waals surface area contributed by atoms with Gasteiger partial charge in [0, 0.05) is 12.5 Å². The number of carbonyl (C=O) groups is 1. The Hall–Kier alpha value is -1.27. The maximum absolute atomic E-state index is 12.2. The number of hydrogen-bond donors (Lipinski definition) is 2. The van der Waals surface area contributed by atoms with Gasteiger partial charge in [0.15, 0.2) is 11.5 Å². The molecule has 0 unspecified atom stereocenters. The molecule has 0 saturated heterocycles. The number of nitrogens with one attached hydrogen (secondary N) is 1. The van der Waals surface area contributed by atoms with E-state index in [0.717, 1.165) is 37.4 Å². The number of hydrogen-bond acceptors (Lipinski definition) is 6. The number of ketones is 1. The normalized spacial score (nSPS) is 14.6. The van der Waals surface area contributed by atoms with Crippen LogP contribution in [0.1, 0.15) is 28.9 Å². The van der Waals surface area contributed by atoms with Crippen LogP contribution in [-0.4, -0.2) is 45.0 Å². The van der Waals surface area contributed by atoms with Gasteiger partial charge in [-0.25, -0.2) is 0 Å². The van der Waals surface area contributed by atoms with Crippen LogP contribution in [0.15, 0.2) is 0 Å². The summed E-state index contributed by atoms with van der Waals surface area (Å²) in [4.78, 5) is 15.0. The Bertz CT molecular complexity index is 481. The van der Waals surface area contributed by atoms with Crippen molar-refractivity contribution in [3.63, 3.8) is 0 Å². The van der Waals surface area contributed by atoms with Crippen molar-refractivity contribution in [1.82, 2.24) is 4.90 Å². The van der Waals surface area contributed by atoms with Crippen molar-refractivity contribution in [2.75, 3.05) is 45.3 Å². The van der Waals surface area contributed by atoms with Crippen LogP contribution in [0.2, 0.25) is 0 Å². The van der Waals surface area contributed by atoms with E-state index in [2.05, 4.69) is 24.3 Å². The number of methoxy groups -OCH3 is 1. The van der Waals surface area contributed by atoms with Crippen LogP contribution in [0.25, 0.3) is 0 Å². The highest BCUT2D eigenvalue weighted by molar-refractivity contribution is 7.19. The number of nitrogens with two attached hydrogens (primary N) is 1. The lowest BCUT2D eigenvalue weighted by Gasteiger charge is -2.10. The van der Waals surface area contributed by atoms with Crippen molar-refractivity contribution in [3.05, 3.63) is 4.88 Å². The Labute approximate surface area is 124 Å². The average Bonchev–Trinajstić information content (AvgIpc) is 3.19. The van der Waals surface area contributed by atoms with Crippen molar-refractivity contribution in [2.24, 2.45) is 5.92 Å². The molecule has 0 atom stereocenters. The molecule has 0 radical (unpaired) electrons. The van der Waals surface area contributed by atoms with E-state index in [0.29, 0.717) is 16.3 Å². The number of thiophene rings is 1. The van der Waals surface area contributed by atoms with Gasteiger partial charge in [0.25, 0.3) is 0 Å². The smallest absolute Gasteiger partial charge is 0.178 e. The van der Waals surface area contributed by atoms with E-state index in [4.69, 9.17) is 10.5 Å². The molecule has 1 aromatic heterocycles. The van der Waals surface area contributed by atoms with E-state index in [-0.39, 0.29) is 11.7 Å². The summed E-state index contributed by atoms with van der Waals surface area (Å²) in [5, 5.41) is 4.20. The molecule has 3 N–H and O–H groups in total. The molecule has 0 spiro atoms. The molecule has 0 aliphatic heterocycles. The fourth-order valence-corrected chi connectivity index (χ4v) is 3.19. The maximum Gasteiger partial charge on any atom is 0.178 e. The van der Waals surface area contributed by atoms with Crippen molar-refractivity contribution >= 4 is 27.8 Å². The summed E-state index contributed by atoms with van der Waals surface area (Å²) < 4.78 is 5.35. The van der Waals surface area contributed by atoms with Crippen molar-refractivity contribution < 1.29 is 9.53 Å². The Kier molecular flexibility index (Phi) is 4.88. The monoisotopic (exact) mass is 297 g/mol. The van der Waals surface area contributed by atoms with Gasteiger partial charge in [0.1, 0.15) is 5.00 Å². The van der Waals surface area contributed by atoms with Crippen LogP contribution in [0.4, 0.5) is 10.7 Å². The second-order valence-electron chi connectivity index (χ2n) is 5.43. The Morgan fingerprint density at radius 1 is 1.50 bits per heavy atom. The van der Waals surface area contributed by atoms with Crippen LogP contribution >= 0.6 is 11.3 Å². The zero-order valence-electron chi connectivity index (χ0n) is 12.4. The Balaban J connectivity index is 2.03. The summed E-state index contributed by atoms with van der Waals surface area (Å²) in [6.45, 7) is 1.86. The standard InChI is InChI=1S/C14H23N3O2S/c1-17(2)8-4-7-16-14-12(19-3)10(15)13(20-14)11(18)9-5-6-9/h9,16H,4-8,15H2,1-3H3. The fraction of sp³-hybridized carbons (Fsp3) is 0.643. The third-order valence-electron chi connectivity index (χ3n) is 3.34. The SMILES string of the molecule is COc1c(NCCCN(C)C)sc(C(=O)C2CC2)c1N. The molecule has 1 aromatic rings. The summed E-state index contributed by atoms with van der Waals surface area (Å²) in [6, 6.07) is 0. The molecular weight excluding hydrogens is 274 g/mol. The highest BCUT2D eigenvalue weighted by Gasteiger charge is 2.34. The molecule has 0 amide bonds. The molecule has 0 aromatic carbocycles. The minimum atomic E-state index is 0.173. The molecule has 1 saturated carbocycles. The Morgan fingerprint density at radius 2 is 2.20 bits per heavy atom. The molecule has 1 fully saturated rings. The van der Waals surface area contributed by atoms with E-state index in [9.17, 15) is 4.79 Å². The third kappa shape index (κ3) is 3.43. The van der Waals surface area contributed by atoms with E-state index in [1.807, 2.05) is 0 Å². The molecular formula is C14H23N3O2S. The van der Waals surface area contributed by atoms with Gasteiger partial charge < -0.3 is 20.7 Å². The van der Waals surface area contributed by atoms with E-state index < -0.39 is 0 Å². The van der Waals surface area contributed by atoms with Gasteiger partial charge in [-0.05, 0) is 39.9 Å². The van der Waals surface area contributed by atoms with Gasteiger partial charge >= 0.3 is 0 Å². The predicted molar refractivity (Wildman–Crippen MR) is 84.0 cm³/mol. The van der Waals surface area contributed by atoms with Crippen LogP contribution in [-0.2, 0) is 0 Å². The summed E-state index contributed by atoms with van der Waals surface area (Å²) in [5.74, 6) is 0.971. The van der Waals surface area contributed by atoms with Crippen LogP contribution in [0.3, 0.4) is 0 Å². The highest BCUT2D eigenvalue weighted by Crippen LogP contribution is 2.45. The van der Waals surface area contributed by atoms with Crippen molar-refractivity contribution in [2.45, 2.75) is 19.3 Å². The predicted octanol–water partition coefficient (Wildman–Crippen LogP) is 2.30. The zero-order chi connectivity index (χ0) is 14.7. The molecule has 6 heteroatoms. The number of rotatable bonds is 8. The van der Waals surface area contributed by atoms with E-state index >= 15 is 0 Å². The summed E-state index contributed by atoms with van der Waals surface area (Å²) >= 11 is 1.42. The topological polar surface area (TPSA) is 67.6 Å². The molecule has 5 nitrogen and oxygen atoms in total. The number of nitrogen functional groups attached to an aromatic ring is 1. The second kappa shape index (κ2) is 6.45. The van der Waals surface area contributed by atoms with Crippen LogP contribution in [0.5, 0.6) is 5.75 Å². The number of carbonyl (C=O) groups excluding carboxylic acids is 1. The van der Waals surface area contributed by atoms with Gasteiger partial charge in [-0.15, -0.1) is 11.3 Å². The quantitative estimate of drug-likeness (QED) is 0.569. The lowest BCUT2D eigenvalue weighted by atomic mass is 10.2. The van der Waals surface area contributed by atoms with Gasteiger partial charge in [-0.3, -0.25) is 4.79 Å². The Morgan fingerprint density at radius 3 is 2.75 bits per heavy atom. The summed E-state index contributed by atoms with van der Waals surface area (Å²) in [6.07, 6.45) is 3.01. The number of ether oxygens (including phenoxy) is 1. The molecule has 0 bridgehead atoms. The van der Waals surface area contributed by atoms with Gasteiger partial charge in [-0.2, -0.15) is 0 Å². The molecule has 2 rings (SSSR count). The molecule has 1 aliphatic rings. The molecule has 1 aliphatic carbocycles. The minimum Gasteiger partial charge on any atom is -0.492 e. The van der Waals surface area contributed by atoms with Gasteiger partial charge in [-0.1, -0.05) is 0 Å². The lowest BCUT2D eigenvalue weighted by molar-refractivity contribution is 0.0972. The first kappa shape index (κ1) is 15.1. The van der Waals surface area contributed by atoms with Crippen LogP contribution in [0, 0.1) is 5.92 Å². The largest absolute Gasteiger partial charge is 0.492 e. The van der Waals surface area contributed by atoms with Gasteiger partial charge in [0.05, 0.1) is 17.7 Å². The number of Topliss-reactive ketones (excluding diaryl/α,β-unsaturated/α-hetero) is 1. The van der Waals surface area contributed by atoms with E-state index in [1.165, 1.54) is 11.3 Å². The first-order chi connectivity index (χ1) is 9.54.